The Labute approximate surface area is 104 Å². The van der Waals surface area contributed by atoms with E-state index in [1.54, 1.807) is 0 Å². The highest BCUT2D eigenvalue weighted by Gasteiger charge is 2.38. The van der Waals surface area contributed by atoms with Crippen LogP contribution >= 0.6 is 0 Å². The highest BCUT2D eigenvalue weighted by atomic mass is 14.4. The largest absolute Gasteiger partial charge is 0.100 e. The van der Waals surface area contributed by atoms with E-state index in [4.69, 9.17) is 0 Å². The van der Waals surface area contributed by atoms with Crippen LogP contribution in [0.2, 0.25) is 0 Å². The van der Waals surface area contributed by atoms with Crippen LogP contribution < -0.4 is 0 Å². The van der Waals surface area contributed by atoms with Crippen molar-refractivity contribution in [2.24, 2.45) is 17.3 Å². The van der Waals surface area contributed by atoms with Crippen LogP contribution in [0.25, 0.3) is 0 Å². The molecule has 0 nitrogen and oxygen atoms in total. The van der Waals surface area contributed by atoms with Crippen molar-refractivity contribution in [2.45, 2.75) is 73.6 Å². The molecule has 1 aliphatic rings. The Morgan fingerprint density at radius 1 is 1.19 bits per heavy atom. The van der Waals surface area contributed by atoms with Crippen LogP contribution in [0.15, 0.2) is 12.2 Å². The van der Waals surface area contributed by atoms with E-state index in [0.29, 0.717) is 5.41 Å². The van der Waals surface area contributed by atoms with Gasteiger partial charge in [-0.25, -0.2) is 0 Å². The van der Waals surface area contributed by atoms with Gasteiger partial charge in [-0.2, -0.15) is 0 Å². The van der Waals surface area contributed by atoms with Gasteiger partial charge in [-0.15, -0.1) is 6.58 Å². The Balaban J connectivity index is 0.00000106. The molecule has 0 amide bonds. The van der Waals surface area contributed by atoms with Crippen molar-refractivity contribution in [1.29, 1.82) is 0 Å². The first-order valence-corrected chi connectivity index (χ1v) is 7.12. The predicted octanol–water partition coefficient (Wildman–Crippen LogP) is 5.83. The van der Waals surface area contributed by atoms with Crippen molar-refractivity contribution in [2.75, 3.05) is 0 Å². The fraction of sp³-hybridized carbons (Fsp3) is 0.875. The van der Waals surface area contributed by atoms with Gasteiger partial charge in [0.1, 0.15) is 0 Å². The standard InChI is InChI=1S/C14H26.C2H6/c1-6-12-8-7-9-13(10-11(2)3)14(12,4)5;1-2/h12-13H,2,6-10H2,1,3-5H3;1-2H3. The molecule has 0 heterocycles. The van der Waals surface area contributed by atoms with Crippen LogP contribution in [-0.2, 0) is 0 Å². The fourth-order valence-corrected chi connectivity index (χ4v) is 3.20. The summed E-state index contributed by atoms with van der Waals surface area (Å²) >= 11 is 0. The molecule has 1 aliphatic carbocycles. The van der Waals surface area contributed by atoms with Crippen LogP contribution in [0.1, 0.15) is 73.6 Å². The molecule has 0 bridgehead atoms. The lowest BCUT2D eigenvalue weighted by atomic mass is 9.60. The molecule has 0 aromatic rings. The second-order valence-corrected chi connectivity index (χ2v) is 5.72. The summed E-state index contributed by atoms with van der Waals surface area (Å²) in [6.07, 6.45) is 6.87. The summed E-state index contributed by atoms with van der Waals surface area (Å²) in [4.78, 5) is 0. The van der Waals surface area contributed by atoms with Gasteiger partial charge in [-0.1, -0.05) is 53.0 Å². The summed E-state index contributed by atoms with van der Waals surface area (Å²) < 4.78 is 0. The minimum absolute atomic E-state index is 0.534. The molecule has 0 aromatic carbocycles. The zero-order valence-corrected chi connectivity index (χ0v) is 12.4. The minimum Gasteiger partial charge on any atom is -0.100 e. The lowest BCUT2D eigenvalue weighted by Gasteiger charge is -2.45. The number of allylic oxidation sites excluding steroid dienone is 1. The van der Waals surface area contributed by atoms with Gasteiger partial charge in [-0.3, -0.25) is 0 Å². The van der Waals surface area contributed by atoms with Gasteiger partial charge in [-0.05, 0) is 43.4 Å². The van der Waals surface area contributed by atoms with Gasteiger partial charge in [0.2, 0.25) is 0 Å². The molecule has 16 heavy (non-hydrogen) atoms. The van der Waals surface area contributed by atoms with Crippen molar-refractivity contribution < 1.29 is 0 Å². The molecule has 2 unspecified atom stereocenters. The molecule has 0 radical (unpaired) electrons. The summed E-state index contributed by atoms with van der Waals surface area (Å²) in [7, 11) is 0. The lowest BCUT2D eigenvalue weighted by Crippen LogP contribution is -2.36. The Bertz CT molecular complexity index is 200. The van der Waals surface area contributed by atoms with Gasteiger partial charge >= 0.3 is 0 Å². The quantitative estimate of drug-likeness (QED) is 0.529. The molecular weight excluding hydrogens is 192 g/mol. The third-order valence-electron chi connectivity index (χ3n) is 4.30. The monoisotopic (exact) mass is 224 g/mol. The molecule has 0 heteroatoms. The molecule has 0 spiro atoms. The average Bonchev–Trinajstić information content (AvgIpc) is 2.23. The van der Waals surface area contributed by atoms with E-state index in [1.807, 2.05) is 13.8 Å². The van der Waals surface area contributed by atoms with Gasteiger partial charge in [0.25, 0.3) is 0 Å². The maximum absolute atomic E-state index is 4.07. The van der Waals surface area contributed by atoms with Crippen molar-refractivity contribution in [3.8, 4) is 0 Å². The Morgan fingerprint density at radius 2 is 1.69 bits per heavy atom. The molecule has 0 N–H and O–H groups in total. The lowest BCUT2D eigenvalue weighted by molar-refractivity contribution is 0.0567. The zero-order valence-electron chi connectivity index (χ0n) is 12.4. The summed E-state index contributed by atoms with van der Waals surface area (Å²) in [6, 6.07) is 0. The van der Waals surface area contributed by atoms with Crippen molar-refractivity contribution >= 4 is 0 Å². The maximum atomic E-state index is 4.07. The van der Waals surface area contributed by atoms with Crippen molar-refractivity contribution in [1.82, 2.24) is 0 Å². The Morgan fingerprint density at radius 3 is 2.12 bits per heavy atom. The molecule has 0 aliphatic heterocycles. The number of hydrogen-bond acceptors (Lipinski definition) is 0. The third kappa shape index (κ3) is 3.96. The van der Waals surface area contributed by atoms with E-state index in [1.165, 1.54) is 37.7 Å². The Hall–Kier alpha value is -0.260. The SMILES string of the molecule is C=C(C)CC1CCCC(CC)C1(C)C.CC. The van der Waals surface area contributed by atoms with Gasteiger partial charge < -0.3 is 0 Å². The molecule has 0 aromatic heterocycles. The molecule has 2 atom stereocenters. The van der Waals surface area contributed by atoms with Crippen molar-refractivity contribution in [3.63, 3.8) is 0 Å². The first kappa shape index (κ1) is 15.7. The first-order chi connectivity index (χ1) is 7.48. The van der Waals surface area contributed by atoms with E-state index >= 15 is 0 Å². The predicted molar refractivity (Wildman–Crippen MR) is 75.7 cm³/mol. The van der Waals surface area contributed by atoms with Crippen LogP contribution in [0.3, 0.4) is 0 Å². The zero-order chi connectivity index (χ0) is 12.8. The summed E-state index contributed by atoms with van der Waals surface area (Å²) in [5.41, 5.74) is 1.89. The Kier molecular flexibility index (Phi) is 7.03. The fourth-order valence-electron chi connectivity index (χ4n) is 3.20. The third-order valence-corrected chi connectivity index (χ3v) is 4.30. The van der Waals surface area contributed by atoms with E-state index in [0.717, 1.165) is 11.8 Å². The van der Waals surface area contributed by atoms with E-state index in [2.05, 4.69) is 34.3 Å². The highest BCUT2D eigenvalue weighted by molar-refractivity contribution is 4.97. The number of rotatable bonds is 3. The van der Waals surface area contributed by atoms with Crippen LogP contribution in [0.4, 0.5) is 0 Å². The average molecular weight is 224 g/mol. The normalized spacial score (nSPS) is 27.9. The maximum Gasteiger partial charge on any atom is -0.0292 e. The highest BCUT2D eigenvalue weighted by Crippen LogP contribution is 2.48. The van der Waals surface area contributed by atoms with E-state index < -0.39 is 0 Å². The van der Waals surface area contributed by atoms with Crippen LogP contribution in [0.5, 0.6) is 0 Å². The molecular formula is C16H32. The molecule has 1 saturated carbocycles. The van der Waals surface area contributed by atoms with Gasteiger partial charge in [0, 0.05) is 0 Å². The second-order valence-electron chi connectivity index (χ2n) is 5.72. The molecule has 96 valence electrons. The smallest absolute Gasteiger partial charge is 0.0292 e. The summed E-state index contributed by atoms with van der Waals surface area (Å²) in [5, 5.41) is 0. The number of hydrogen-bond donors (Lipinski definition) is 0. The summed E-state index contributed by atoms with van der Waals surface area (Å²) in [5.74, 6) is 1.80. The molecule has 1 rings (SSSR count). The van der Waals surface area contributed by atoms with Crippen molar-refractivity contribution in [3.05, 3.63) is 12.2 Å². The van der Waals surface area contributed by atoms with E-state index in [-0.39, 0.29) is 0 Å². The topological polar surface area (TPSA) is 0 Å². The van der Waals surface area contributed by atoms with Gasteiger partial charge in [0.05, 0.1) is 0 Å². The van der Waals surface area contributed by atoms with Crippen LogP contribution in [-0.4, -0.2) is 0 Å². The van der Waals surface area contributed by atoms with E-state index in [9.17, 15) is 0 Å². The summed E-state index contributed by atoms with van der Waals surface area (Å²) in [6.45, 7) is 17.5. The molecule has 0 saturated heterocycles. The van der Waals surface area contributed by atoms with Gasteiger partial charge in [0.15, 0.2) is 0 Å². The molecule has 1 fully saturated rings. The second kappa shape index (κ2) is 7.14. The minimum atomic E-state index is 0.534. The first-order valence-electron chi connectivity index (χ1n) is 7.12. The van der Waals surface area contributed by atoms with Crippen LogP contribution in [0, 0.1) is 17.3 Å².